The van der Waals surface area contributed by atoms with E-state index >= 15 is 0 Å². The summed E-state index contributed by atoms with van der Waals surface area (Å²) in [5.74, 6) is -1.42. The van der Waals surface area contributed by atoms with E-state index in [1.54, 1.807) is 0 Å². The van der Waals surface area contributed by atoms with E-state index in [-0.39, 0.29) is 16.3 Å². The van der Waals surface area contributed by atoms with Gasteiger partial charge in [0.15, 0.2) is 5.69 Å². The van der Waals surface area contributed by atoms with Gasteiger partial charge in [0.25, 0.3) is 0 Å². The predicted molar refractivity (Wildman–Crippen MR) is 73.9 cm³/mol. The van der Waals surface area contributed by atoms with E-state index in [4.69, 9.17) is 10.4 Å². The van der Waals surface area contributed by atoms with E-state index in [2.05, 4.69) is 4.98 Å². The molecular formula is C11H7N3O5S2. The molecule has 2 aromatic rings. The molecule has 0 unspecified atom stereocenters. The summed E-state index contributed by atoms with van der Waals surface area (Å²) in [5, 5.41) is 17.5. The van der Waals surface area contributed by atoms with Gasteiger partial charge in [0.2, 0.25) is 0 Å². The van der Waals surface area contributed by atoms with Crippen LogP contribution in [0.5, 0.6) is 0 Å². The van der Waals surface area contributed by atoms with Gasteiger partial charge in [-0.05, 0) is 24.3 Å². The van der Waals surface area contributed by atoms with E-state index in [1.807, 2.05) is 6.07 Å². The number of hydrogen-bond donors (Lipinski definition) is 2. The lowest BCUT2D eigenvalue weighted by molar-refractivity contribution is 0.0692. The number of anilines is 2. The van der Waals surface area contributed by atoms with Crippen LogP contribution in [0.3, 0.4) is 0 Å². The number of carboxylic acids is 1. The zero-order valence-electron chi connectivity index (χ0n) is 10.2. The van der Waals surface area contributed by atoms with Gasteiger partial charge in [-0.2, -0.15) is 13.7 Å². The van der Waals surface area contributed by atoms with Crippen LogP contribution in [0.15, 0.2) is 29.8 Å². The molecule has 0 bridgehead atoms. The fraction of sp³-hybridized carbons (Fsp3) is 0. The topological polar surface area (TPSA) is 132 Å². The van der Waals surface area contributed by atoms with Crippen LogP contribution in [0, 0.1) is 11.3 Å². The van der Waals surface area contributed by atoms with Crippen molar-refractivity contribution in [3.8, 4) is 6.07 Å². The van der Waals surface area contributed by atoms with E-state index < -0.39 is 22.0 Å². The number of benzene rings is 1. The van der Waals surface area contributed by atoms with Crippen LogP contribution >= 0.6 is 11.3 Å². The largest absolute Gasteiger partial charge is 0.476 e. The molecule has 0 spiro atoms. The minimum absolute atomic E-state index is 0.0109. The van der Waals surface area contributed by atoms with Crippen LogP contribution in [0.1, 0.15) is 16.1 Å². The average Bonchev–Trinajstić information content (AvgIpc) is 2.87. The molecule has 8 nitrogen and oxygen atoms in total. The molecule has 1 aromatic carbocycles. The summed E-state index contributed by atoms with van der Waals surface area (Å²) in [6.45, 7) is 0. The van der Waals surface area contributed by atoms with E-state index in [0.29, 0.717) is 4.31 Å². The van der Waals surface area contributed by atoms with Gasteiger partial charge in [0, 0.05) is 0 Å². The van der Waals surface area contributed by atoms with Crippen LogP contribution in [0.4, 0.5) is 10.7 Å². The first-order valence-corrected chi connectivity index (χ1v) is 7.57. The average molecular weight is 325 g/mol. The normalized spacial score (nSPS) is 10.9. The van der Waals surface area contributed by atoms with Crippen molar-refractivity contribution in [2.75, 3.05) is 4.31 Å². The molecule has 0 aliphatic heterocycles. The maximum Gasteiger partial charge on any atom is 0.365 e. The lowest BCUT2D eigenvalue weighted by Crippen LogP contribution is -2.26. The summed E-state index contributed by atoms with van der Waals surface area (Å²) in [7, 11) is -4.76. The number of aromatic nitrogens is 1. The lowest BCUT2D eigenvalue weighted by atomic mass is 10.2. The number of nitrogens with zero attached hydrogens (tertiary/aromatic N) is 3. The van der Waals surface area contributed by atoms with Crippen molar-refractivity contribution in [1.82, 2.24) is 4.98 Å². The van der Waals surface area contributed by atoms with Crippen LogP contribution < -0.4 is 4.31 Å². The number of thiazole rings is 1. The Morgan fingerprint density at radius 3 is 2.43 bits per heavy atom. The minimum atomic E-state index is -4.76. The molecule has 0 saturated carbocycles. The Kier molecular flexibility index (Phi) is 3.90. The van der Waals surface area contributed by atoms with E-state index in [0.717, 1.165) is 16.8 Å². The molecule has 1 aromatic heterocycles. The Morgan fingerprint density at radius 1 is 1.33 bits per heavy atom. The van der Waals surface area contributed by atoms with Gasteiger partial charge < -0.3 is 5.11 Å². The van der Waals surface area contributed by atoms with Crippen LogP contribution in [-0.4, -0.2) is 29.0 Å². The van der Waals surface area contributed by atoms with Crippen molar-refractivity contribution in [2.45, 2.75) is 0 Å². The van der Waals surface area contributed by atoms with Gasteiger partial charge in [-0.3, -0.25) is 4.55 Å². The molecular weight excluding hydrogens is 318 g/mol. The summed E-state index contributed by atoms with van der Waals surface area (Å²) in [6, 6.07) is 7.10. The van der Waals surface area contributed by atoms with Crippen molar-refractivity contribution < 1.29 is 22.9 Å². The summed E-state index contributed by atoms with van der Waals surface area (Å²) >= 11 is 0.747. The Morgan fingerprint density at radius 2 is 1.95 bits per heavy atom. The molecule has 1 heterocycles. The highest BCUT2D eigenvalue weighted by Gasteiger charge is 2.29. The fourth-order valence-corrected chi connectivity index (χ4v) is 3.36. The first-order chi connectivity index (χ1) is 9.84. The zero-order chi connectivity index (χ0) is 15.6. The van der Waals surface area contributed by atoms with Crippen LogP contribution in [0.25, 0.3) is 0 Å². The first-order valence-electron chi connectivity index (χ1n) is 5.29. The van der Waals surface area contributed by atoms with Crippen LogP contribution in [0.2, 0.25) is 0 Å². The highest BCUT2D eigenvalue weighted by Crippen LogP contribution is 2.34. The third kappa shape index (κ3) is 3.00. The number of hydrogen-bond acceptors (Lipinski definition) is 6. The van der Waals surface area contributed by atoms with Crippen LogP contribution in [-0.2, 0) is 10.3 Å². The van der Waals surface area contributed by atoms with Gasteiger partial charge in [-0.1, -0.05) is 0 Å². The molecule has 108 valence electrons. The van der Waals surface area contributed by atoms with Crippen molar-refractivity contribution in [2.24, 2.45) is 0 Å². The molecule has 2 N–H and O–H groups in total. The molecule has 0 aliphatic rings. The Hall–Kier alpha value is -2.48. The SMILES string of the molecule is N#Cc1ccc(N(c2scnc2C(=O)O)S(=O)(=O)O)cc1. The number of carbonyl (C=O) groups is 1. The van der Waals surface area contributed by atoms with Gasteiger partial charge in [-0.15, -0.1) is 11.3 Å². The quantitative estimate of drug-likeness (QED) is 0.817. The van der Waals surface area contributed by atoms with Crippen molar-refractivity contribution in [1.29, 1.82) is 5.26 Å². The van der Waals surface area contributed by atoms with Crippen molar-refractivity contribution in [3.63, 3.8) is 0 Å². The van der Waals surface area contributed by atoms with Crippen molar-refractivity contribution >= 4 is 38.3 Å². The van der Waals surface area contributed by atoms with E-state index in [1.165, 1.54) is 24.3 Å². The summed E-state index contributed by atoms with van der Waals surface area (Å²) in [5.41, 5.74) is 0.933. The zero-order valence-corrected chi connectivity index (χ0v) is 11.8. The Bertz CT molecular complexity index is 820. The summed E-state index contributed by atoms with van der Waals surface area (Å²) in [4.78, 5) is 14.6. The van der Waals surface area contributed by atoms with Crippen molar-refractivity contribution in [3.05, 3.63) is 41.0 Å². The first kappa shape index (κ1) is 14.9. The molecule has 21 heavy (non-hydrogen) atoms. The molecule has 0 saturated heterocycles. The highest BCUT2D eigenvalue weighted by atomic mass is 32.2. The maximum absolute atomic E-state index is 11.6. The fourth-order valence-electron chi connectivity index (χ4n) is 1.56. The minimum Gasteiger partial charge on any atom is -0.476 e. The van der Waals surface area contributed by atoms with Gasteiger partial charge in [-0.25, -0.2) is 14.1 Å². The smallest absolute Gasteiger partial charge is 0.365 e. The molecule has 0 amide bonds. The molecule has 0 aliphatic carbocycles. The van der Waals surface area contributed by atoms with Gasteiger partial charge in [0.05, 0.1) is 22.8 Å². The summed E-state index contributed by atoms with van der Waals surface area (Å²) in [6.07, 6.45) is 0. The third-order valence-corrected chi connectivity index (χ3v) is 4.18. The number of carboxylic acid groups (broad SMARTS) is 1. The number of aromatic carboxylic acids is 1. The third-order valence-electron chi connectivity index (χ3n) is 2.40. The second-order valence-corrected chi connectivity index (χ2v) is 5.81. The molecule has 0 atom stereocenters. The summed E-state index contributed by atoms with van der Waals surface area (Å²) < 4.78 is 32.9. The number of nitriles is 1. The molecule has 0 fully saturated rings. The number of rotatable bonds is 4. The molecule has 2 rings (SSSR count). The monoisotopic (exact) mass is 325 g/mol. The van der Waals surface area contributed by atoms with E-state index in [9.17, 15) is 17.8 Å². The highest BCUT2D eigenvalue weighted by molar-refractivity contribution is 7.87. The Balaban J connectivity index is 2.62. The molecule has 0 radical (unpaired) electrons. The molecule has 10 heteroatoms. The maximum atomic E-state index is 11.6. The van der Waals surface area contributed by atoms with Gasteiger partial charge in [0.1, 0.15) is 5.00 Å². The Labute approximate surface area is 123 Å². The second kappa shape index (κ2) is 5.49. The standard InChI is InChI=1S/C11H7N3O5S2/c12-5-7-1-3-8(4-2-7)14(21(17,18)19)10-9(11(15)16)13-6-20-10/h1-4,6H,(H,15,16)(H,17,18,19). The van der Waals surface area contributed by atoms with Gasteiger partial charge >= 0.3 is 16.3 Å². The predicted octanol–water partition coefficient (Wildman–Crippen LogP) is 1.65. The second-order valence-electron chi connectivity index (χ2n) is 3.71. The lowest BCUT2D eigenvalue weighted by Gasteiger charge is -2.19.